The largest absolute Gasteiger partial charge is 0.205 e. The highest BCUT2D eigenvalue weighted by molar-refractivity contribution is 6.31. The van der Waals surface area contributed by atoms with Gasteiger partial charge in [-0.1, -0.05) is 47.5 Å². The first-order valence-corrected chi connectivity index (χ1v) is 8.36. The third-order valence-corrected chi connectivity index (χ3v) is 4.77. The van der Waals surface area contributed by atoms with E-state index >= 15 is 0 Å². The molecule has 1 aliphatic rings. The molecular formula is C19H14Cl2F2N2. The molecule has 25 heavy (non-hydrogen) atoms. The van der Waals surface area contributed by atoms with Crippen LogP contribution in [0.2, 0.25) is 10.0 Å². The number of hydrogen-bond acceptors (Lipinski definition) is 2. The van der Waals surface area contributed by atoms with Crippen molar-refractivity contribution in [2.75, 3.05) is 0 Å². The van der Waals surface area contributed by atoms with Crippen LogP contribution in [0, 0.1) is 34.3 Å². The average molecular weight is 379 g/mol. The Hall–Kier alpha value is -2.14. The molecule has 0 aromatic heterocycles. The van der Waals surface area contributed by atoms with Gasteiger partial charge in [0.15, 0.2) is 0 Å². The SMILES string of the molecule is N#CC1(c2cccc(Cl)c2F)CCC1.N#CCc1cccc(Cl)c1F. The zero-order valence-electron chi connectivity index (χ0n) is 13.2. The van der Waals surface area contributed by atoms with Gasteiger partial charge in [-0.2, -0.15) is 10.5 Å². The van der Waals surface area contributed by atoms with Crippen LogP contribution in [0.5, 0.6) is 0 Å². The molecule has 0 bridgehead atoms. The van der Waals surface area contributed by atoms with E-state index in [1.807, 2.05) is 6.07 Å². The van der Waals surface area contributed by atoms with Gasteiger partial charge in [0.05, 0.1) is 34.0 Å². The highest BCUT2D eigenvalue weighted by Gasteiger charge is 2.41. The van der Waals surface area contributed by atoms with Crippen molar-refractivity contribution in [2.24, 2.45) is 0 Å². The van der Waals surface area contributed by atoms with Crippen LogP contribution in [0.3, 0.4) is 0 Å². The summed E-state index contributed by atoms with van der Waals surface area (Å²) in [6.45, 7) is 0. The lowest BCUT2D eigenvalue weighted by atomic mass is 9.65. The first-order valence-electron chi connectivity index (χ1n) is 7.61. The van der Waals surface area contributed by atoms with Gasteiger partial charge in [0, 0.05) is 11.1 Å². The molecule has 1 aliphatic carbocycles. The predicted octanol–water partition coefficient (Wildman–Crippen LogP) is 5.97. The molecule has 0 atom stereocenters. The van der Waals surface area contributed by atoms with Crippen LogP contribution in [-0.4, -0.2) is 0 Å². The summed E-state index contributed by atoms with van der Waals surface area (Å²) < 4.78 is 26.5. The molecule has 0 N–H and O–H groups in total. The van der Waals surface area contributed by atoms with Crippen molar-refractivity contribution in [3.63, 3.8) is 0 Å². The fourth-order valence-corrected chi connectivity index (χ4v) is 2.98. The normalized spacial score (nSPS) is 14.3. The van der Waals surface area contributed by atoms with E-state index in [2.05, 4.69) is 6.07 Å². The topological polar surface area (TPSA) is 47.6 Å². The molecule has 2 nitrogen and oxygen atoms in total. The summed E-state index contributed by atoms with van der Waals surface area (Å²) in [7, 11) is 0. The Morgan fingerprint density at radius 3 is 2.08 bits per heavy atom. The first-order chi connectivity index (χ1) is 11.9. The maximum Gasteiger partial charge on any atom is 0.146 e. The summed E-state index contributed by atoms with van der Waals surface area (Å²) in [5, 5.41) is 17.5. The minimum Gasteiger partial charge on any atom is -0.205 e. The van der Waals surface area contributed by atoms with Gasteiger partial charge in [0.1, 0.15) is 11.6 Å². The van der Waals surface area contributed by atoms with Gasteiger partial charge in [0.25, 0.3) is 0 Å². The van der Waals surface area contributed by atoms with E-state index in [0.717, 1.165) is 19.3 Å². The first kappa shape index (κ1) is 19.2. The van der Waals surface area contributed by atoms with Crippen LogP contribution in [-0.2, 0) is 11.8 Å². The molecule has 0 amide bonds. The van der Waals surface area contributed by atoms with Crippen LogP contribution in [0.1, 0.15) is 30.4 Å². The Bertz CT molecular complexity index is 849. The summed E-state index contributed by atoms with van der Waals surface area (Å²) in [5.74, 6) is -0.925. The van der Waals surface area contributed by atoms with Crippen LogP contribution >= 0.6 is 23.2 Å². The number of nitriles is 2. The Kier molecular flexibility index (Phi) is 6.37. The summed E-state index contributed by atoms with van der Waals surface area (Å²) in [4.78, 5) is 0. The molecule has 0 saturated heterocycles. The van der Waals surface area contributed by atoms with Gasteiger partial charge in [-0.05, 0) is 31.4 Å². The van der Waals surface area contributed by atoms with Crippen LogP contribution < -0.4 is 0 Å². The maximum absolute atomic E-state index is 13.6. The quantitative estimate of drug-likeness (QED) is 0.645. The van der Waals surface area contributed by atoms with Gasteiger partial charge < -0.3 is 0 Å². The van der Waals surface area contributed by atoms with E-state index in [1.165, 1.54) is 12.1 Å². The van der Waals surface area contributed by atoms with Crippen molar-refractivity contribution in [1.29, 1.82) is 10.5 Å². The molecule has 2 aromatic rings. The number of nitrogens with zero attached hydrogens (tertiary/aromatic N) is 2. The fourth-order valence-electron chi connectivity index (χ4n) is 2.62. The minimum atomic E-state index is -0.616. The van der Waals surface area contributed by atoms with Crippen molar-refractivity contribution >= 4 is 23.2 Å². The second-order valence-electron chi connectivity index (χ2n) is 5.70. The lowest BCUT2D eigenvalue weighted by Gasteiger charge is -2.35. The van der Waals surface area contributed by atoms with Crippen LogP contribution in [0.4, 0.5) is 8.78 Å². The lowest BCUT2D eigenvalue weighted by Crippen LogP contribution is -2.33. The molecule has 1 fully saturated rings. The number of halogens is 4. The molecule has 128 valence electrons. The zero-order chi connectivity index (χ0) is 18.4. The minimum absolute atomic E-state index is 0.0619. The summed E-state index contributed by atoms with van der Waals surface area (Å²) in [6, 6.07) is 13.5. The highest BCUT2D eigenvalue weighted by atomic mass is 35.5. The van der Waals surface area contributed by atoms with E-state index in [-0.39, 0.29) is 16.5 Å². The van der Waals surface area contributed by atoms with Crippen molar-refractivity contribution in [2.45, 2.75) is 31.1 Å². The lowest BCUT2D eigenvalue weighted by molar-refractivity contribution is 0.313. The molecule has 3 rings (SSSR count). The van der Waals surface area contributed by atoms with Gasteiger partial charge in [-0.15, -0.1) is 0 Å². The molecule has 2 aromatic carbocycles. The van der Waals surface area contributed by atoms with Crippen LogP contribution in [0.15, 0.2) is 36.4 Å². The summed E-state index contributed by atoms with van der Waals surface area (Å²) in [5.41, 5.74) is 0.188. The Balaban J connectivity index is 0.000000186. The smallest absolute Gasteiger partial charge is 0.146 e. The van der Waals surface area contributed by atoms with Gasteiger partial charge >= 0.3 is 0 Å². The third-order valence-electron chi connectivity index (χ3n) is 4.19. The van der Waals surface area contributed by atoms with Gasteiger partial charge in [-0.3, -0.25) is 0 Å². The Morgan fingerprint density at radius 2 is 1.56 bits per heavy atom. The molecule has 1 saturated carbocycles. The zero-order valence-corrected chi connectivity index (χ0v) is 14.7. The molecular weight excluding hydrogens is 365 g/mol. The van der Waals surface area contributed by atoms with E-state index in [4.69, 9.17) is 33.7 Å². The molecule has 6 heteroatoms. The van der Waals surface area contributed by atoms with E-state index < -0.39 is 17.0 Å². The van der Waals surface area contributed by atoms with E-state index in [9.17, 15) is 8.78 Å². The molecule has 0 heterocycles. The standard InChI is InChI=1S/C11H9ClFN.C8H5ClFN/c12-9-4-1-3-8(10(9)13)11(7-14)5-2-6-11;9-7-3-1-2-6(4-5-11)8(7)10/h1,3-4H,2,5-6H2;1-3H,4H2. The second-order valence-corrected chi connectivity index (χ2v) is 6.51. The second kappa shape index (κ2) is 8.30. The molecule has 0 radical (unpaired) electrons. The monoisotopic (exact) mass is 378 g/mol. The Morgan fingerprint density at radius 1 is 0.960 bits per heavy atom. The Labute approximate surface area is 155 Å². The number of benzene rings is 2. The van der Waals surface area contributed by atoms with E-state index in [0.29, 0.717) is 11.1 Å². The van der Waals surface area contributed by atoms with Gasteiger partial charge in [-0.25, -0.2) is 8.78 Å². The number of rotatable bonds is 2. The van der Waals surface area contributed by atoms with Crippen molar-refractivity contribution in [1.82, 2.24) is 0 Å². The molecule has 0 unspecified atom stereocenters. The summed E-state index contributed by atoms with van der Waals surface area (Å²) >= 11 is 11.1. The maximum atomic E-state index is 13.6. The average Bonchev–Trinajstić information content (AvgIpc) is 2.56. The van der Waals surface area contributed by atoms with E-state index in [1.54, 1.807) is 24.3 Å². The number of hydrogen-bond donors (Lipinski definition) is 0. The van der Waals surface area contributed by atoms with Crippen molar-refractivity contribution in [3.05, 3.63) is 69.2 Å². The van der Waals surface area contributed by atoms with Gasteiger partial charge in [0.2, 0.25) is 0 Å². The third kappa shape index (κ3) is 4.10. The van der Waals surface area contributed by atoms with Crippen molar-refractivity contribution in [3.8, 4) is 12.1 Å². The predicted molar refractivity (Wildman–Crippen MR) is 93.3 cm³/mol. The highest BCUT2D eigenvalue weighted by Crippen LogP contribution is 2.44. The van der Waals surface area contributed by atoms with Crippen LogP contribution in [0.25, 0.3) is 0 Å². The van der Waals surface area contributed by atoms with Crippen molar-refractivity contribution < 1.29 is 8.78 Å². The fraction of sp³-hybridized carbons (Fsp3) is 0.263. The summed E-state index contributed by atoms with van der Waals surface area (Å²) in [6.07, 6.45) is 2.52. The molecule has 0 aliphatic heterocycles. The molecule has 0 spiro atoms.